The van der Waals surface area contributed by atoms with Crippen LogP contribution >= 0.6 is 0 Å². The van der Waals surface area contributed by atoms with E-state index in [-0.39, 0.29) is 23.3 Å². The molecular weight excluding hydrogens is 247 g/mol. The SMILES string of the molecule is NCCCN(C(=O)c1cc(F)ccc1O)C1CCC1. The summed E-state index contributed by atoms with van der Waals surface area (Å²) < 4.78 is 13.2. The lowest BCUT2D eigenvalue weighted by molar-refractivity contribution is 0.0575. The number of carbonyl (C=O) groups excluding carboxylic acids is 1. The molecule has 5 heteroatoms. The predicted octanol–water partition coefficient (Wildman–Crippen LogP) is 1.87. The summed E-state index contributed by atoms with van der Waals surface area (Å²) in [5.41, 5.74) is 5.51. The van der Waals surface area contributed by atoms with Gasteiger partial charge in [0.2, 0.25) is 0 Å². The monoisotopic (exact) mass is 266 g/mol. The molecule has 1 aromatic rings. The highest BCUT2D eigenvalue weighted by atomic mass is 19.1. The maximum atomic E-state index is 13.2. The molecule has 0 saturated heterocycles. The molecule has 104 valence electrons. The van der Waals surface area contributed by atoms with Crippen molar-refractivity contribution >= 4 is 5.91 Å². The van der Waals surface area contributed by atoms with Gasteiger partial charge in [0, 0.05) is 12.6 Å². The zero-order valence-corrected chi connectivity index (χ0v) is 10.8. The first-order valence-electron chi connectivity index (χ1n) is 6.63. The zero-order chi connectivity index (χ0) is 13.8. The average Bonchev–Trinajstić information content (AvgIpc) is 2.34. The van der Waals surface area contributed by atoms with E-state index < -0.39 is 5.82 Å². The lowest BCUT2D eigenvalue weighted by Gasteiger charge is -2.37. The molecule has 1 aliphatic rings. The van der Waals surface area contributed by atoms with Crippen molar-refractivity contribution in [3.63, 3.8) is 0 Å². The van der Waals surface area contributed by atoms with Crippen LogP contribution in [0.4, 0.5) is 4.39 Å². The topological polar surface area (TPSA) is 66.6 Å². The van der Waals surface area contributed by atoms with Gasteiger partial charge in [0.1, 0.15) is 11.6 Å². The highest BCUT2D eigenvalue weighted by molar-refractivity contribution is 5.97. The molecule has 1 aromatic carbocycles. The Kier molecular flexibility index (Phi) is 4.37. The normalized spacial score (nSPS) is 15.1. The highest BCUT2D eigenvalue weighted by Gasteiger charge is 2.30. The van der Waals surface area contributed by atoms with Gasteiger partial charge < -0.3 is 15.7 Å². The van der Waals surface area contributed by atoms with Crippen molar-refractivity contribution < 1.29 is 14.3 Å². The Labute approximate surface area is 112 Å². The molecule has 1 aliphatic carbocycles. The van der Waals surface area contributed by atoms with Crippen LogP contribution in [0.1, 0.15) is 36.0 Å². The molecule has 19 heavy (non-hydrogen) atoms. The van der Waals surface area contributed by atoms with Gasteiger partial charge in [0.25, 0.3) is 5.91 Å². The quantitative estimate of drug-likeness (QED) is 0.855. The van der Waals surface area contributed by atoms with E-state index in [0.29, 0.717) is 19.5 Å². The molecule has 0 bridgehead atoms. The standard InChI is InChI=1S/C14H19FN2O2/c15-10-5-6-13(18)12(9-10)14(19)17(8-2-7-16)11-3-1-4-11/h5-6,9,11,18H,1-4,7-8,16H2. The molecule has 0 spiro atoms. The first-order valence-corrected chi connectivity index (χ1v) is 6.63. The van der Waals surface area contributed by atoms with Crippen LogP contribution in [0.2, 0.25) is 0 Å². The molecule has 1 amide bonds. The number of nitrogens with two attached hydrogens (primary N) is 1. The number of rotatable bonds is 5. The second-order valence-electron chi connectivity index (χ2n) is 4.89. The van der Waals surface area contributed by atoms with Crippen molar-refractivity contribution in [2.45, 2.75) is 31.7 Å². The number of hydrogen-bond acceptors (Lipinski definition) is 3. The summed E-state index contributed by atoms with van der Waals surface area (Å²) in [5.74, 6) is -1.01. The van der Waals surface area contributed by atoms with E-state index in [9.17, 15) is 14.3 Å². The van der Waals surface area contributed by atoms with E-state index in [1.54, 1.807) is 4.90 Å². The van der Waals surface area contributed by atoms with E-state index in [1.165, 1.54) is 6.07 Å². The van der Waals surface area contributed by atoms with Gasteiger partial charge in [-0.15, -0.1) is 0 Å². The van der Waals surface area contributed by atoms with Crippen LogP contribution in [-0.2, 0) is 0 Å². The number of aromatic hydroxyl groups is 1. The molecule has 4 nitrogen and oxygen atoms in total. The molecule has 0 aliphatic heterocycles. The van der Waals surface area contributed by atoms with E-state index in [1.807, 2.05) is 0 Å². The van der Waals surface area contributed by atoms with E-state index in [4.69, 9.17) is 5.73 Å². The summed E-state index contributed by atoms with van der Waals surface area (Å²) >= 11 is 0. The predicted molar refractivity (Wildman–Crippen MR) is 70.4 cm³/mol. The summed E-state index contributed by atoms with van der Waals surface area (Å²) in [6.07, 6.45) is 3.74. The minimum Gasteiger partial charge on any atom is -0.507 e. The van der Waals surface area contributed by atoms with Gasteiger partial charge in [-0.1, -0.05) is 0 Å². The van der Waals surface area contributed by atoms with Crippen molar-refractivity contribution in [1.82, 2.24) is 4.90 Å². The Morgan fingerprint density at radius 1 is 1.47 bits per heavy atom. The van der Waals surface area contributed by atoms with E-state index in [0.717, 1.165) is 31.4 Å². The fraction of sp³-hybridized carbons (Fsp3) is 0.500. The third kappa shape index (κ3) is 3.04. The Morgan fingerprint density at radius 3 is 2.79 bits per heavy atom. The van der Waals surface area contributed by atoms with E-state index in [2.05, 4.69) is 0 Å². The maximum absolute atomic E-state index is 13.2. The molecule has 0 aromatic heterocycles. The summed E-state index contributed by atoms with van der Waals surface area (Å²) in [7, 11) is 0. The van der Waals surface area contributed by atoms with Crippen LogP contribution in [0.25, 0.3) is 0 Å². The summed E-state index contributed by atoms with van der Waals surface area (Å²) in [6, 6.07) is 3.64. The number of benzene rings is 1. The number of nitrogens with zero attached hydrogens (tertiary/aromatic N) is 1. The second kappa shape index (κ2) is 6.02. The molecular formula is C14H19FN2O2. The van der Waals surface area contributed by atoms with Crippen LogP contribution in [0, 0.1) is 5.82 Å². The first kappa shape index (κ1) is 13.8. The number of hydrogen-bond donors (Lipinski definition) is 2. The molecule has 1 saturated carbocycles. The van der Waals surface area contributed by atoms with Crippen molar-refractivity contribution in [3.05, 3.63) is 29.6 Å². The van der Waals surface area contributed by atoms with Gasteiger partial charge in [0.05, 0.1) is 5.56 Å². The fourth-order valence-corrected chi connectivity index (χ4v) is 2.24. The van der Waals surface area contributed by atoms with Gasteiger partial charge in [-0.05, 0) is 50.4 Å². The zero-order valence-electron chi connectivity index (χ0n) is 10.8. The van der Waals surface area contributed by atoms with Crippen LogP contribution in [0.5, 0.6) is 5.75 Å². The van der Waals surface area contributed by atoms with Crippen molar-refractivity contribution in [2.75, 3.05) is 13.1 Å². The third-order valence-electron chi connectivity index (χ3n) is 3.57. The largest absolute Gasteiger partial charge is 0.507 e. The molecule has 0 heterocycles. The Bertz CT molecular complexity index is 461. The average molecular weight is 266 g/mol. The Morgan fingerprint density at radius 2 is 2.21 bits per heavy atom. The number of halogens is 1. The van der Waals surface area contributed by atoms with Crippen molar-refractivity contribution in [1.29, 1.82) is 0 Å². The van der Waals surface area contributed by atoms with Crippen LogP contribution in [0.3, 0.4) is 0 Å². The van der Waals surface area contributed by atoms with Gasteiger partial charge >= 0.3 is 0 Å². The molecule has 1 fully saturated rings. The highest BCUT2D eigenvalue weighted by Crippen LogP contribution is 2.28. The number of carbonyl (C=O) groups is 1. The molecule has 0 atom stereocenters. The van der Waals surface area contributed by atoms with Crippen LogP contribution in [-0.4, -0.2) is 35.0 Å². The Hall–Kier alpha value is -1.62. The lowest BCUT2D eigenvalue weighted by Crippen LogP contribution is -2.45. The summed E-state index contributed by atoms with van der Waals surface area (Å²) in [5, 5.41) is 9.71. The number of amides is 1. The van der Waals surface area contributed by atoms with Crippen LogP contribution in [0.15, 0.2) is 18.2 Å². The third-order valence-corrected chi connectivity index (χ3v) is 3.57. The van der Waals surface area contributed by atoms with Crippen LogP contribution < -0.4 is 5.73 Å². The van der Waals surface area contributed by atoms with Gasteiger partial charge in [0.15, 0.2) is 0 Å². The molecule has 0 unspecified atom stereocenters. The summed E-state index contributed by atoms with van der Waals surface area (Å²) in [6.45, 7) is 1.06. The minimum absolute atomic E-state index is 0.0314. The fourth-order valence-electron chi connectivity index (χ4n) is 2.24. The smallest absolute Gasteiger partial charge is 0.257 e. The molecule has 2 rings (SSSR count). The maximum Gasteiger partial charge on any atom is 0.257 e. The molecule has 0 radical (unpaired) electrons. The van der Waals surface area contributed by atoms with Crippen molar-refractivity contribution in [3.8, 4) is 5.75 Å². The van der Waals surface area contributed by atoms with E-state index >= 15 is 0 Å². The van der Waals surface area contributed by atoms with Gasteiger partial charge in [-0.3, -0.25) is 4.79 Å². The molecule has 3 N–H and O–H groups in total. The number of phenols is 1. The second-order valence-corrected chi connectivity index (χ2v) is 4.89. The van der Waals surface area contributed by atoms with Gasteiger partial charge in [-0.25, -0.2) is 4.39 Å². The van der Waals surface area contributed by atoms with Crippen molar-refractivity contribution in [2.24, 2.45) is 5.73 Å². The number of phenolic OH excluding ortho intramolecular Hbond substituents is 1. The minimum atomic E-state index is -0.520. The summed E-state index contributed by atoms with van der Waals surface area (Å²) in [4.78, 5) is 14.1. The van der Waals surface area contributed by atoms with Gasteiger partial charge in [-0.2, -0.15) is 0 Å². The Balaban J connectivity index is 2.19. The lowest BCUT2D eigenvalue weighted by atomic mass is 9.90. The first-order chi connectivity index (χ1) is 9.13.